The molecule has 0 bridgehead atoms. The van der Waals surface area contributed by atoms with Gasteiger partial charge >= 0.3 is 0 Å². The second-order valence-electron chi connectivity index (χ2n) is 6.34. The van der Waals surface area contributed by atoms with Gasteiger partial charge in [0.05, 0.1) is 0 Å². The van der Waals surface area contributed by atoms with E-state index in [0.29, 0.717) is 11.3 Å². The largest absolute Gasteiger partial charge is 0.338 e. The van der Waals surface area contributed by atoms with Crippen LogP contribution in [0.15, 0.2) is 18.2 Å². The number of nitrogens with zero attached hydrogens (tertiary/aromatic N) is 3. The number of likely N-dealkylation sites (tertiary alicyclic amines) is 1. The van der Waals surface area contributed by atoms with Crippen LogP contribution in [0.25, 0.3) is 0 Å². The van der Waals surface area contributed by atoms with Gasteiger partial charge < -0.3 is 9.47 Å². The summed E-state index contributed by atoms with van der Waals surface area (Å²) in [5, 5.41) is 7.18. The summed E-state index contributed by atoms with van der Waals surface area (Å²) in [5.41, 5.74) is 3.13. The summed E-state index contributed by atoms with van der Waals surface area (Å²) >= 11 is 5.19. The zero-order valence-electron chi connectivity index (χ0n) is 13.8. The molecule has 2 heterocycles. The fourth-order valence-electron chi connectivity index (χ4n) is 3.15. The molecule has 0 spiro atoms. The third-order valence-electron chi connectivity index (χ3n) is 4.74. The monoisotopic (exact) mass is 330 g/mol. The van der Waals surface area contributed by atoms with E-state index in [9.17, 15) is 4.79 Å². The summed E-state index contributed by atoms with van der Waals surface area (Å²) in [4.78, 5) is 14.7. The molecular weight excluding hydrogens is 308 g/mol. The van der Waals surface area contributed by atoms with E-state index >= 15 is 0 Å². The molecule has 1 saturated heterocycles. The molecule has 2 aromatic rings. The van der Waals surface area contributed by atoms with E-state index in [0.717, 1.165) is 36.3 Å². The lowest BCUT2D eigenvalue weighted by atomic mass is 9.96. The molecule has 1 fully saturated rings. The summed E-state index contributed by atoms with van der Waals surface area (Å²) in [7, 11) is 1.92. The van der Waals surface area contributed by atoms with Gasteiger partial charge in [0.15, 0.2) is 4.77 Å². The molecule has 122 valence electrons. The van der Waals surface area contributed by atoms with Crippen LogP contribution in [0.2, 0.25) is 0 Å². The SMILES string of the molecule is Cc1ccc(C(=O)N2CCC[C@@H](c3n[nH]c(=S)n3C)C2)cc1C. The molecule has 23 heavy (non-hydrogen) atoms. The van der Waals surface area contributed by atoms with Gasteiger partial charge in [-0.2, -0.15) is 5.10 Å². The lowest BCUT2D eigenvalue weighted by molar-refractivity contribution is 0.0703. The number of aryl methyl sites for hydroxylation is 2. The predicted molar refractivity (Wildman–Crippen MR) is 92.2 cm³/mol. The van der Waals surface area contributed by atoms with E-state index in [-0.39, 0.29) is 11.8 Å². The Morgan fingerprint density at radius 2 is 2.13 bits per heavy atom. The lowest BCUT2D eigenvalue weighted by Gasteiger charge is -2.32. The minimum Gasteiger partial charge on any atom is -0.338 e. The van der Waals surface area contributed by atoms with Gasteiger partial charge in [0, 0.05) is 31.6 Å². The fourth-order valence-corrected chi connectivity index (χ4v) is 3.29. The van der Waals surface area contributed by atoms with Crippen molar-refractivity contribution in [3.8, 4) is 0 Å². The van der Waals surface area contributed by atoms with E-state index in [2.05, 4.69) is 17.1 Å². The van der Waals surface area contributed by atoms with Crippen LogP contribution in [0.4, 0.5) is 0 Å². The van der Waals surface area contributed by atoms with Crippen LogP contribution in [-0.2, 0) is 7.05 Å². The van der Waals surface area contributed by atoms with Gasteiger partial charge in [0.25, 0.3) is 5.91 Å². The number of aromatic amines is 1. The van der Waals surface area contributed by atoms with E-state index in [4.69, 9.17) is 12.2 Å². The average molecular weight is 330 g/mol. The van der Waals surface area contributed by atoms with Gasteiger partial charge in [-0.05, 0) is 62.2 Å². The van der Waals surface area contributed by atoms with E-state index in [1.807, 2.05) is 41.6 Å². The number of aromatic nitrogens is 3. The van der Waals surface area contributed by atoms with Crippen molar-refractivity contribution in [2.75, 3.05) is 13.1 Å². The van der Waals surface area contributed by atoms with Crippen molar-refractivity contribution in [1.29, 1.82) is 0 Å². The number of hydrogen-bond acceptors (Lipinski definition) is 3. The van der Waals surface area contributed by atoms with Crippen molar-refractivity contribution >= 4 is 18.1 Å². The highest BCUT2D eigenvalue weighted by molar-refractivity contribution is 7.71. The van der Waals surface area contributed by atoms with Crippen LogP contribution in [0.3, 0.4) is 0 Å². The molecule has 1 atom stereocenters. The van der Waals surface area contributed by atoms with Crippen LogP contribution in [0, 0.1) is 18.6 Å². The van der Waals surface area contributed by atoms with Gasteiger partial charge in [-0.1, -0.05) is 6.07 Å². The number of amides is 1. The van der Waals surface area contributed by atoms with Crippen LogP contribution in [0.1, 0.15) is 46.1 Å². The number of carbonyl (C=O) groups is 1. The minimum absolute atomic E-state index is 0.106. The number of hydrogen-bond donors (Lipinski definition) is 1. The third kappa shape index (κ3) is 3.08. The number of H-pyrrole nitrogens is 1. The summed E-state index contributed by atoms with van der Waals surface area (Å²) in [6.45, 7) is 5.60. The molecule has 5 nitrogen and oxygen atoms in total. The Morgan fingerprint density at radius 3 is 2.78 bits per heavy atom. The Kier molecular flexibility index (Phi) is 4.35. The van der Waals surface area contributed by atoms with Crippen molar-refractivity contribution in [3.63, 3.8) is 0 Å². The van der Waals surface area contributed by atoms with Crippen LogP contribution < -0.4 is 0 Å². The molecule has 6 heteroatoms. The first kappa shape index (κ1) is 15.9. The molecule has 1 aliphatic rings. The zero-order valence-corrected chi connectivity index (χ0v) is 14.6. The number of rotatable bonds is 2. The molecule has 0 unspecified atom stereocenters. The first-order valence-electron chi connectivity index (χ1n) is 7.95. The zero-order chi connectivity index (χ0) is 16.6. The minimum atomic E-state index is 0.106. The molecule has 1 aromatic heterocycles. The second-order valence-corrected chi connectivity index (χ2v) is 6.72. The summed E-state index contributed by atoms with van der Waals surface area (Å²) in [5.74, 6) is 1.28. The van der Waals surface area contributed by atoms with Crippen molar-refractivity contribution in [3.05, 3.63) is 45.5 Å². The highest BCUT2D eigenvalue weighted by Gasteiger charge is 2.28. The molecule has 1 aliphatic heterocycles. The molecule has 1 aromatic carbocycles. The van der Waals surface area contributed by atoms with Crippen LogP contribution in [-0.4, -0.2) is 38.7 Å². The molecule has 1 amide bonds. The topological polar surface area (TPSA) is 53.9 Å². The average Bonchev–Trinajstić information content (AvgIpc) is 2.89. The van der Waals surface area contributed by atoms with Crippen molar-refractivity contribution in [1.82, 2.24) is 19.7 Å². The molecule has 0 aliphatic carbocycles. The molecule has 3 rings (SSSR count). The maximum absolute atomic E-state index is 12.8. The predicted octanol–water partition coefficient (Wildman–Crippen LogP) is 3.11. The summed E-state index contributed by atoms with van der Waals surface area (Å²) in [6.07, 6.45) is 2.02. The van der Waals surface area contributed by atoms with Gasteiger partial charge in [-0.3, -0.25) is 9.89 Å². The van der Waals surface area contributed by atoms with Crippen molar-refractivity contribution < 1.29 is 4.79 Å². The first-order valence-corrected chi connectivity index (χ1v) is 8.36. The van der Waals surface area contributed by atoms with Gasteiger partial charge in [0.2, 0.25) is 0 Å². The van der Waals surface area contributed by atoms with Gasteiger partial charge in [0.1, 0.15) is 5.82 Å². The quantitative estimate of drug-likeness (QED) is 0.861. The fraction of sp³-hybridized carbons (Fsp3) is 0.471. The lowest BCUT2D eigenvalue weighted by Crippen LogP contribution is -2.39. The first-order chi connectivity index (χ1) is 11.0. The summed E-state index contributed by atoms with van der Waals surface area (Å²) in [6, 6.07) is 5.92. The van der Waals surface area contributed by atoms with E-state index < -0.39 is 0 Å². The van der Waals surface area contributed by atoms with E-state index in [1.165, 1.54) is 5.56 Å². The van der Waals surface area contributed by atoms with Gasteiger partial charge in [-0.15, -0.1) is 0 Å². The van der Waals surface area contributed by atoms with Crippen molar-refractivity contribution in [2.45, 2.75) is 32.6 Å². The third-order valence-corrected chi connectivity index (χ3v) is 5.11. The Morgan fingerprint density at radius 1 is 1.35 bits per heavy atom. The Balaban J connectivity index is 1.80. The maximum atomic E-state index is 12.8. The standard InChI is InChI=1S/C17H22N4OS/c1-11-6-7-13(9-12(11)2)16(22)21-8-4-5-14(10-21)15-18-19-17(23)20(15)3/h6-7,9,14H,4-5,8,10H2,1-3H3,(H,19,23)/t14-/m1/s1. The van der Waals surface area contributed by atoms with Gasteiger partial charge in [-0.25, -0.2) is 0 Å². The number of benzene rings is 1. The number of carbonyl (C=O) groups excluding carboxylic acids is 1. The second kappa shape index (κ2) is 6.28. The smallest absolute Gasteiger partial charge is 0.253 e. The van der Waals surface area contributed by atoms with Crippen LogP contribution in [0.5, 0.6) is 0 Å². The summed E-state index contributed by atoms with van der Waals surface area (Å²) < 4.78 is 2.53. The molecule has 1 N–H and O–H groups in total. The number of piperidine rings is 1. The molecule has 0 radical (unpaired) electrons. The Bertz CT molecular complexity index is 792. The number of nitrogens with one attached hydrogen (secondary N) is 1. The Hall–Kier alpha value is -1.95. The highest BCUT2D eigenvalue weighted by atomic mass is 32.1. The normalized spacial score (nSPS) is 18.2. The maximum Gasteiger partial charge on any atom is 0.253 e. The van der Waals surface area contributed by atoms with Crippen LogP contribution >= 0.6 is 12.2 Å². The van der Waals surface area contributed by atoms with E-state index in [1.54, 1.807) is 0 Å². The molecular formula is C17H22N4OS. The molecule has 0 saturated carbocycles. The van der Waals surface area contributed by atoms with Crippen molar-refractivity contribution in [2.24, 2.45) is 7.05 Å². The highest BCUT2D eigenvalue weighted by Crippen LogP contribution is 2.26. The Labute approximate surface area is 141 Å².